The molecule has 1 unspecified atom stereocenters. The van der Waals surface area contributed by atoms with E-state index in [0.29, 0.717) is 4.90 Å². The Labute approximate surface area is 123 Å². The van der Waals surface area contributed by atoms with Crippen LogP contribution in [0.15, 0.2) is 22.8 Å². The van der Waals surface area contributed by atoms with Crippen molar-refractivity contribution in [3.63, 3.8) is 0 Å². The van der Waals surface area contributed by atoms with Crippen molar-refractivity contribution in [2.24, 2.45) is 5.41 Å². The van der Waals surface area contributed by atoms with Crippen LogP contribution in [0.1, 0.15) is 19.1 Å². The SMILES string of the molecule is CC1(C(=O)N(Cc2ccco2)CC(F)(F)F)CC1(Cl)Cl. The van der Waals surface area contributed by atoms with Crippen LogP contribution in [-0.2, 0) is 11.3 Å². The summed E-state index contributed by atoms with van der Waals surface area (Å²) >= 11 is 11.7. The van der Waals surface area contributed by atoms with Crippen LogP contribution in [0.25, 0.3) is 0 Å². The zero-order valence-corrected chi connectivity index (χ0v) is 12.0. The van der Waals surface area contributed by atoms with Crippen LogP contribution < -0.4 is 0 Å². The molecule has 0 aliphatic heterocycles. The van der Waals surface area contributed by atoms with Crippen molar-refractivity contribution in [3.8, 4) is 0 Å². The third-order valence-corrected chi connectivity index (χ3v) is 4.42. The van der Waals surface area contributed by atoms with Gasteiger partial charge in [0.05, 0.1) is 18.2 Å². The third kappa shape index (κ3) is 3.06. The average molecular weight is 330 g/mol. The van der Waals surface area contributed by atoms with Gasteiger partial charge in [0.15, 0.2) is 0 Å². The Bertz CT molecular complexity index is 501. The summed E-state index contributed by atoms with van der Waals surface area (Å²) < 4.78 is 41.5. The quantitative estimate of drug-likeness (QED) is 0.788. The molecule has 1 atom stereocenters. The Hall–Kier alpha value is -0.880. The third-order valence-electron chi connectivity index (χ3n) is 3.31. The lowest BCUT2D eigenvalue weighted by atomic mass is 10.1. The number of alkyl halides is 5. The van der Waals surface area contributed by atoms with E-state index in [0.717, 1.165) is 0 Å². The maximum absolute atomic E-state index is 12.6. The highest BCUT2D eigenvalue weighted by molar-refractivity contribution is 6.53. The zero-order chi connectivity index (χ0) is 15.2. The van der Waals surface area contributed by atoms with E-state index in [1.54, 1.807) is 0 Å². The van der Waals surface area contributed by atoms with Gasteiger partial charge in [-0.15, -0.1) is 23.2 Å². The van der Waals surface area contributed by atoms with Gasteiger partial charge >= 0.3 is 6.18 Å². The summed E-state index contributed by atoms with van der Waals surface area (Å²) in [6.07, 6.45) is -3.04. The van der Waals surface area contributed by atoms with Gasteiger partial charge in [0.25, 0.3) is 0 Å². The molecule has 112 valence electrons. The fourth-order valence-electron chi connectivity index (χ4n) is 1.99. The topological polar surface area (TPSA) is 33.5 Å². The van der Waals surface area contributed by atoms with Crippen molar-refractivity contribution in [1.29, 1.82) is 0 Å². The van der Waals surface area contributed by atoms with Crippen LogP contribution >= 0.6 is 23.2 Å². The molecule has 8 heteroatoms. The van der Waals surface area contributed by atoms with Gasteiger partial charge in [0, 0.05) is 0 Å². The smallest absolute Gasteiger partial charge is 0.406 e. The second kappa shape index (κ2) is 4.84. The molecule has 1 aromatic rings. The number of amides is 1. The molecule has 1 saturated carbocycles. The van der Waals surface area contributed by atoms with E-state index >= 15 is 0 Å². The number of rotatable bonds is 4. The van der Waals surface area contributed by atoms with E-state index in [4.69, 9.17) is 27.6 Å². The largest absolute Gasteiger partial charge is 0.467 e. The minimum absolute atomic E-state index is 0.133. The zero-order valence-electron chi connectivity index (χ0n) is 10.5. The lowest BCUT2D eigenvalue weighted by molar-refractivity contribution is -0.166. The van der Waals surface area contributed by atoms with Crippen LogP contribution in [0, 0.1) is 5.41 Å². The first kappa shape index (κ1) is 15.5. The van der Waals surface area contributed by atoms with Gasteiger partial charge in [-0.3, -0.25) is 4.79 Å². The summed E-state index contributed by atoms with van der Waals surface area (Å²) in [6.45, 7) is -0.183. The Balaban J connectivity index is 2.16. The first-order chi connectivity index (χ1) is 9.05. The van der Waals surface area contributed by atoms with Crippen molar-refractivity contribution < 1.29 is 22.4 Å². The molecule has 0 saturated heterocycles. The van der Waals surface area contributed by atoms with Gasteiger partial charge < -0.3 is 9.32 Å². The maximum atomic E-state index is 12.6. The van der Waals surface area contributed by atoms with E-state index in [1.807, 2.05) is 0 Å². The number of furan rings is 1. The first-order valence-electron chi connectivity index (χ1n) is 5.81. The van der Waals surface area contributed by atoms with Crippen molar-refractivity contribution >= 4 is 29.1 Å². The number of carbonyl (C=O) groups is 1. The molecule has 1 aliphatic rings. The fourth-order valence-corrected chi connectivity index (χ4v) is 2.68. The second-order valence-corrected chi connectivity index (χ2v) is 6.55. The molecular weight excluding hydrogens is 318 g/mol. The molecule has 1 aromatic heterocycles. The van der Waals surface area contributed by atoms with Gasteiger partial charge in [-0.2, -0.15) is 13.2 Å². The Morgan fingerprint density at radius 2 is 2.10 bits per heavy atom. The number of halogens is 5. The van der Waals surface area contributed by atoms with Gasteiger partial charge in [-0.1, -0.05) is 0 Å². The molecule has 0 N–H and O–H groups in total. The predicted octanol–water partition coefficient (Wildman–Crippen LogP) is 3.75. The number of carbonyl (C=O) groups excluding carboxylic acids is 1. The Morgan fingerprint density at radius 3 is 2.50 bits per heavy atom. The fraction of sp³-hybridized carbons (Fsp3) is 0.583. The highest BCUT2D eigenvalue weighted by Gasteiger charge is 2.69. The standard InChI is InChI=1S/C12H12Cl2F3NO2/c1-10(6-11(10,13)14)9(19)18(7-12(15,16)17)5-8-3-2-4-20-8/h2-4H,5-7H2,1H3. The normalized spacial score (nSPS) is 24.5. The van der Waals surface area contributed by atoms with E-state index in [9.17, 15) is 18.0 Å². The van der Waals surface area contributed by atoms with E-state index in [2.05, 4.69) is 0 Å². The van der Waals surface area contributed by atoms with Crippen LogP contribution in [-0.4, -0.2) is 27.9 Å². The van der Waals surface area contributed by atoms with Crippen LogP contribution in [0.5, 0.6) is 0 Å². The van der Waals surface area contributed by atoms with Gasteiger partial charge in [0.1, 0.15) is 16.6 Å². The van der Waals surface area contributed by atoms with Crippen LogP contribution in [0.3, 0.4) is 0 Å². The number of hydrogen-bond donors (Lipinski definition) is 0. The van der Waals surface area contributed by atoms with Crippen molar-refractivity contribution in [1.82, 2.24) is 4.90 Å². The molecule has 0 bridgehead atoms. The predicted molar refractivity (Wildman–Crippen MR) is 67.3 cm³/mol. The highest BCUT2D eigenvalue weighted by atomic mass is 35.5. The molecule has 20 heavy (non-hydrogen) atoms. The number of nitrogens with zero attached hydrogens (tertiary/aromatic N) is 1. The summed E-state index contributed by atoms with van der Waals surface area (Å²) in [4.78, 5) is 12.9. The summed E-state index contributed by atoms with van der Waals surface area (Å²) in [6, 6.07) is 3.04. The summed E-state index contributed by atoms with van der Waals surface area (Å²) in [5.41, 5.74) is -1.19. The summed E-state index contributed by atoms with van der Waals surface area (Å²) in [7, 11) is 0. The Morgan fingerprint density at radius 1 is 1.50 bits per heavy atom. The number of hydrogen-bond acceptors (Lipinski definition) is 2. The van der Waals surface area contributed by atoms with E-state index in [1.165, 1.54) is 25.3 Å². The monoisotopic (exact) mass is 329 g/mol. The van der Waals surface area contributed by atoms with E-state index in [-0.39, 0.29) is 18.7 Å². The molecule has 1 fully saturated rings. The lowest BCUT2D eigenvalue weighted by Crippen LogP contribution is -2.43. The minimum Gasteiger partial charge on any atom is -0.467 e. The molecule has 1 heterocycles. The van der Waals surface area contributed by atoms with Crippen molar-refractivity contribution in [3.05, 3.63) is 24.2 Å². The summed E-state index contributed by atoms with van der Waals surface area (Å²) in [5.74, 6) is -0.460. The molecule has 1 amide bonds. The maximum Gasteiger partial charge on any atom is 0.406 e. The molecule has 0 spiro atoms. The van der Waals surface area contributed by atoms with Crippen molar-refractivity contribution in [2.45, 2.75) is 30.4 Å². The van der Waals surface area contributed by atoms with Gasteiger partial charge in [-0.05, 0) is 25.5 Å². The summed E-state index contributed by atoms with van der Waals surface area (Å²) in [5, 5.41) is 0. The molecular formula is C12H12Cl2F3NO2. The van der Waals surface area contributed by atoms with Gasteiger partial charge in [-0.25, -0.2) is 0 Å². The van der Waals surface area contributed by atoms with E-state index < -0.39 is 28.4 Å². The lowest BCUT2D eigenvalue weighted by Gasteiger charge is -2.26. The van der Waals surface area contributed by atoms with Crippen LogP contribution in [0.4, 0.5) is 13.2 Å². The van der Waals surface area contributed by atoms with Gasteiger partial charge in [0.2, 0.25) is 5.91 Å². The van der Waals surface area contributed by atoms with Crippen molar-refractivity contribution in [2.75, 3.05) is 6.54 Å². The molecule has 0 aromatic carbocycles. The molecule has 1 aliphatic carbocycles. The van der Waals surface area contributed by atoms with Crippen LogP contribution in [0.2, 0.25) is 0 Å². The molecule has 3 nitrogen and oxygen atoms in total. The highest BCUT2D eigenvalue weighted by Crippen LogP contribution is 2.64. The minimum atomic E-state index is -4.51. The molecule has 0 radical (unpaired) electrons. The second-order valence-electron chi connectivity index (χ2n) is 5.07. The Kier molecular flexibility index (Phi) is 3.75. The molecule has 2 rings (SSSR count). The first-order valence-corrected chi connectivity index (χ1v) is 6.57. The average Bonchev–Trinajstić information content (AvgIpc) is 2.67.